The summed E-state index contributed by atoms with van der Waals surface area (Å²) in [6.07, 6.45) is 1.80. The lowest BCUT2D eigenvalue weighted by molar-refractivity contribution is 0.560. The molecule has 1 atom stereocenters. The van der Waals surface area contributed by atoms with Crippen molar-refractivity contribution in [2.45, 2.75) is 4.90 Å². The molecule has 0 spiro atoms. The molecule has 0 aliphatic carbocycles. The first-order valence-corrected chi connectivity index (χ1v) is 8.44. The zero-order chi connectivity index (χ0) is 15.6. The quantitative estimate of drug-likeness (QED) is 0.584. The number of rotatable bonds is 3. The van der Waals surface area contributed by atoms with E-state index < -0.39 is 9.80 Å². The first-order valence-electron chi connectivity index (χ1n) is 6.76. The topological polar surface area (TPSA) is 49.7 Å². The molecule has 0 heterocycles. The Bertz CT molecular complexity index is 945. The van der Waals surface area contributed by atoms with Gasteiger partial charge >= 0.3 is 0 Å². The van der Waals surface area contributed by atoms with Gasteiger partial charge in [0.1, 0.15) is 9.80 Å². The molecule has 3 aromatic carbocycles. The largest absolute Gasteiger partial charge is 0.310 e. The van der Waals surface area contributed by atoms with Gasteiger partial charge < -0.3 is 4.55 Å². The highest BCUT2D eigenvalue weighted by Crippen LogP contribution is 2.28. The van der Waals surface area contributed by atoms with Crippen LogP contribution in [-0.4, -0.2) is 20.8 Å². The zero-order valence-electron chi connectivity index (χ0n) is 11.8. The first-order chi connectivity index (χ1) is 10.5. The highest BCUT2D eigenvalue weighted by Gasteiger charge is 2.06. The van der Waals surface area contributed by atoms with Crippen molar-refractivity contribution in [3.63, 3.8) is 0 Å². The molecule has 0 bridgehead atoms. The third kappa shape index (κ3) is 3.08. The Labute approximate surface area is 129 Å². The molecule has 0 saturated carbocycles. The fourth-order valence-electron chi connectivity index (χ4n) is 2.24. The first kappa shape index (κ1) is 14.5. The van der Waals surface area contributed by atoms with Gasteiger partial charge in [-0.25, -0.2) is 4.21 Å². The second-order valence-corrected chi connectivity index (χ2v) is 6.72. The lowest BCUT2D eigenvalue weighted by Crippen LogP contribution is -1.96. The molecular formula is C18H15NO2S. The minimum atomic E-state index is -3.20. The Balaban J connectivity index is 2.06. The summed E-state index contributed by atoms with van der Waals surface area (Å²) in [5, 5.41) is 1.80. The van der Waals surface area contributed by atoms with E-state index in [0.717, 1.165) is 22.0 Å². The highest BCUT2D eigenvalue weighted by atomic mass is 32.2. The van der Waals surface area contributed by atoms with E-state index in [1.54, 1.807) is 18.3 Å². The molecule has 110 valence electrons. The average Bonchev–Trinajstić information content (AvgIpc) is 2.52. The molecule has 22 heavy (non-hydrogen) atoms. The maximum Gasteiger partial charge on any atom is 0.104 e. The van der Waals surface area contributed by atoms with Crippen molar-refractivity contribution in [3.05, 3.63) is 72.3 Å². The van der Waals surface area contributed by atoms with Crippen molar-refractivity contribution in [2.75, 3.05) is 0 Å². The fraction of sp³-hybridized carbons (Fsp3) is 0. The lowest BCUT2D eigenvalue weighted by atomic mass is 10.1. The van der Waals surface area contributed by atoms with Crippen LogP contribution in [0.4, 0.5) is 5.69 Å². The Hall–Kier alpha value is -2.43. The molecule has 1 unspecified atom stereocenters. The Morgan fingerprint density at radius 1 is 1.00 bits per heavy atom. The molecule has 0 amide bonds. The van der Waals surface area contributed by atoms with E-state index in [1.807, 2.05) is 54.6 Å². The van der Waals surface area contributed by atoms with Gasteiger partial charge in [-0.3, -0.25) is 4.99 Å². The summed E-state index contributed by atoms with van der Waals surface area (Å²) in [5.41, 5.74) is 1.84. The van der Waals surface area contributed by atoms with Crippen LogP contribution in [0.25, 0.3) is 10.8 Å². The average molecular weight is 309 g/mol. The normalized spacial score (nSPS) is 14.2. The van der Waals surface area contributed by atoms with Gasteiger partial charge in [0, 0.05) is 11.6 Å². The van der Waals surface area contributed by atoms with Crippen molar-refractivity contribution >= 4 is 38.3 Å². The maximum absolute atomic E-state index is 11.6. The fourth-order valence-corrected chi connectivity index (χ4v) is 2.83. The van der Waals surface area contributed by atoms with Crippen LogP contribution in [0.3, 0.4) is 0 Å². The van der Waals surface area contributed by atoms with Crippen molar-refractivity contribution in [1.29, 1.82) is 0 Å². The molecule has 3 rings (SSSR count). The van der Waals surface area contributed by atoms with Gasteiger partial charge in [0.2, 0.25) is 0 Å². The summed E-state index contributed by atoms with van der Waals surface area (Å²) >= 11 is 0. The van der Waals surface area contributed by atoms with Gasteiger partial charge in [-0.05, 0) is 35.0 Å². The third-order valence-electron chi connectivity index (χ3n) is 3.35. The highest BCUT2D eigenvalue weighted by molar-refractivity contribution is 7.95. The molecule has 3 nitrogen and oxygen atoms in total. The van der Waals surface area contributed by atoms with Crippen LogP contribution in [-0.2, 0) is 9.80 Å². The zero-order valence-corrected chi connectivity index (χ0v) is 12.7. The van der Waals surface area contributed by atoms with Crippen LogP contribution in [0.15, 0.2) is 76.6 Å². The molecule has 0 aliphatic rings. The van der Waals surface area contributed by atoms with Gasteiger partial charge in [0.05, 0.1) is 10.6 Å². The van der Waals surface area contributed by atoms with Crippen molar-refractivity contribution in [1.82, 2.24) is 0 Å². The van der Waals surface area contributed by atoms with Gasteiger partial charge in [0.25, 0.3) is 0 Å². The summed E-state index contributed by atoms with van der Waals surface area (Å²) in [7, 11) is -3.20. The van der Waals surface area contributed by atoms with E-state index in [0.29, 0.717) is 4.90 Å². The number of nitrogens with zero attached hydrogens (tertiary/aromatic N) is 1. The smallest absolute Gasteiger partial charge is 0.104 e. The number of hydrogen-bond acceptors (Lipinski definition) is 2. The van der Waals surface area contributed by atoms with E-state index in [2.05, 4.69) is 10.9 Å². The monoisotopic (exact) mass is 309 g/mol. The van der Waals surface area contributed by atoms with Gasteiger partial charge in [-0.2, -0.15) is 0 Å². The molecule has 0 saturated heterocycles. The molecule has 1 N–H and O–H groups in total. The van der Waals surface area contributed by atoms with E-state index in [1.165, 1.54) is 0 Å². The molecule has 0 aromatic heterocycles. The molecule has 0 aliphatic heterocycles. The maximum atomic E-state index is 11.6. The lowest BCUT2D eigenvalue weighted by Gasteiger charge is -2.06. The van der Waals surface area contributed by atoms with Crippen LogP contribution in [0, 0.1) is 0 Å². The Morgan fingerprint density at radius 2 is 1.77 bits per heavy atom. The predicted molar refractivity (Wildman–Crippen MR) is 93.8 cm³/mol. The summed E-state index contributed by atoms with van der Waals surface area (Å²) in [6.45, 7) is 0. The number of benzene rings is 3. The molecule has 0 radical (unpaired) electrons. The summed E-state index contributed by atoms with van der Waals surface area (Å²) < 4.78 is 21.2. The van der Waals surface area contributed by atoms with E-state index >= 15 is 0 Å². The van der Waals surface area contributed by atoms with Crippen LogP contribution in [0.5, 0.6) is 0 Å². The molecule has 0 fully saturated rings. The third-order valence-corrected chi connectivity index (χ3v) is 4.34. The molecular weight excluding hydrogens is 294 g/mol. The summed E-state index contributed by atoms with van der Waals surface area (Å²) in [6, 6.07) is 20.7. The van der Waals surface area contributed by atoms with Gasteiger partial charge in [0.15, 0.2) is 0 Å². The molecule has 4 heteroatoms. The Morgan fingerprint density at radius 3 is 2.50 bits per heavy atom. The van der Waals surface area contributed by atoms with E-state index in [9.17, 15) is 8.76 Å². The van der Waals surface area contributed by atoms with E-state index in [-0.39, 0.29) is 0 Å². The summed E-state index contributed by atoms with van der Waals surface area (Å²) in [5.74, 6) is 3.30. The minimum Gasteiger partial charge on any atom is -0.310 e. The van der Waals surface area contributed by atoms with Gasteiger partial charge in [-0.1, -0.05) is 48.5 Å². The van der Waals surface area contributed by atoms with Crippen molar-refractivity contribution < 1.29 is 8.76 Å². The minimum absolute atomic E-state index is 0.323. The second-order valence-electron chi connectivity index (χ2n) is 4.97. The van der Waals surface area contributed by atoms with Crippen LogP contribution in [0.2, 0.25) is 0 Å². The predicted octanol–water partition coefficient (Wildman–Crippen LogP) is 4.14. The van der Waals surface area contributed by atoms with Crippen molar-refractivity contribution in [2.24, 2.45) is 4.99 Å². The standard InChI is InChI=1S/C18H15NO2S/c1-22(20,21)16-10-11-17-15(12-16)8-5-9-18(17)19-13-14-6-3-2-4-7-14/h2-13H,1H2,(H,20,21). The van der Waals surface area contributed by atoms with Crippen LogP contribution < -0.4 is 0 Å². The molecule has 3 aromatic rings. The van der Waals surface area contributed by atoms with E-state index in [4.69, 9.17) is 0 Å². The van der Waals surface area contributed by atoms with Gasteiger partial charge in [-0.15, -0.1) is 0 Å². The number of aliphatic imine (C=N–C) groups is 1. The Kier molecular flexibility index (Phi) is 3.79. The van der Waals surface area contributed by atoms with Crippen LogP contribution >= 0.6 is 0 Å². The van der Waals surface area contributed by atoms with Crippen LogP contribution in [0.1, 0.15) is 5.56 Å². The second kappa shape index (κ2) is 5.75. The number of hydrogen-bond donors (Lipinski definition) is 1. The summed E-state index contributed by atoms with van der Waals surface area (Å²) in [4.78, 5) is 4.85. The number of fused-ring (bicyclic) bond motifs is 1. The van der Waals surface area contributed by atoms with Crippen molar-refractivity contribution in [3.8, 4) is 0 Å². The SMILES string of the molecule is C=S(=O)(O)c1ccc2c(N=Cc3ccccc3)cccc2c1.